The molecule has 2 aromatic rings. The van der Waals surface area contributed by atoms with Crippen LogP contribution in [0.25, 0.3) is 0 Å². The van der Waals surface area contributed by atoms with E-state index >= 15 is 0 Å². The molecule has 1 aliphatic rings. The zero-order valence-corrected chi connectivity index (χ0v) is 14.4. The normalized spacial score (nSPS) is 16.3. The molecule has 1 aliphatic heterocycles. The lowest BCUT2D eigenvalue weighted by atomic mass is 10.2. The molecular formula is C19H22N2O4. The van der Waals surface area contributed by atoms with Crippen LogP contribution in [0.4, 0.5) is 17.1 Å². The van der Waals surface area contributed by atoms with E-state index in [0.29, 0.717) is 6.61 Å². The number of hydrogen-bond donors (Lipinski definition) is 2. The summed E-state index contributed by atoms with van der Waals surface area (Å²) in [5, 5.41) is 6.17. The van der Waals surface area contributed by atoms with Crippen molar-refractivity contribution in [2.24, 2.45) is 0 Å². The lowest BCUT2D eigenvalue weighted by Gasteiger charge is -2.14. The molecular weight excluding hydrogens is 320 g/mol. The van der Waals surface area contributed by atoms with Crippen molar-refractivity contribution in [3.05, 3.63) is 42.5 Å². The van der Waals surface area contributed by atoms with Crippen LogP contribution < -0.4 is 20.1 Å². The third-order valence-corrected chi connectivity index (χ3v) is 4.06. The Labute approximate surface area is 147 Å². The van der Waals surface area contributed by atoms with Crippen molar-refractivity contribution in [1.82, 2.24) is 0 Å². The molecule has 1 saturated heterocycles. The van der Waals surface area contributed by atoms with Crippen LogP contribution in [-0.2, 0) is 9.53 Å². The Hall–Kier alpha value is -2.73. The molecule has 1 unspecified atom stereocenters. The minimum absolute atomic E-state index is 0.0901. The summed E-state index contributed by atoms with van der Waals surface area (Å²) in [5.41, 5.74) is 2.42. The van der Waals surface area contributed by atoms with Gasteiger partial charge >= 0.3 is 0 Å². The van der Waals surface area contributed by atoms with Gasteiger partial charge in [0.25, 0.3) is 5.91 Å². The van der Waals surface area contributed by atoms with Crippen molar-refractivity contribution in [3.63, 3.8) is 0 Å². The van der Waals surface area contributed by atoms with E-state index in [2.05, 4.69) is 10.6 Å². The van der Waals surface area contributed by atoms with Crippen molar-refractivity contribution < 1.29 is 19.0 Å². The van der Waals surface area contributed by atoms with E-state index in [1.807, 2.05) is 42.5 Å². The molecule has 1 heterocycles. The lowest BCUT2D eigenvalue weighted by molar-refractivity contribution is -0.124. The quantitative estimate of drug-likeness (QED) is 0.840. The number of nitrogens with one attached hydrogen (secondary N) is 2. The van der Waals surface area contributed by atoms with Gasteiger partial charge in [-0.1, -0.05) is 0 Å². The summed E-state index contributed by atoms with van der Waals surface area (Å²) in [7, 11) is 3.24. The fourth-order valence-electron chi connectivity index (χ4n) is 2.71. The highest BCUT2D eigenvalue weighted by atomic mass is 16.5. The average Bonchev–Trinajstić information content (AvgIpc) is 3.18. The predicted molar refractivity (Wildman–Crippen MR) is 96.9 cm³/mol. The van der Waals surface area contributed by atoms with Crippen molar-refractivity contribution in [3.8, 4) is 11.5 Å². The van der Waals surface area contributed by atoms with Crippen molar-refractivity contribution >= 4 is 23.0 Å². The van der Waals surface area contributed by atoms with Crippen LogP contribution in [0.5, 0.6) is 11.5 Å². The molecule has 0 saturated carbocycles. The molecule has 25 heavy (non-hydrogen) atoms. The molecule has 0 spiro atoms. The van der Waals surface area contributed by atoms with E-state index in [4.69, 9.17) is 14.2 Å². The first-order chi connectivity index (χ1) is 12.2. The van der Waals surface area contributed by atoms with Crippen LogP contribution in [0.1, 0.15) is 12.8 Å². The number of hydrogen-bond acceptors (Lipinski definition) is 5. The van der Waals surface area contributed by atoms with Gasteiger partial charge < -0.3 is 24.8 Å². The van der Waals surface area contributed by atoms with Gasteiger partial charge in [-0.05, 0) is 49.2 Å². The number of carbonyl (C=O) groups excluding carboxylic acids is 1. The van der Waals surface area contributed by atoms with Gasteiger partial charge in [0.05, 0.1) is 19.9 Å². The third-order valence-electron chi connectivity index (χ3n) is 4.06. The Morgan fingerprint density at radius 1 is 1.08 bits per heavy atom. The molecule has 0 aliphatic carbocycles. The van der Waals surface area contributed by atoms with Crippen LogP contribution in [0.3, 0.4) is 0 Å². The Bertz CT molecular complexity index is 725. The fraction of sp³-hybridized carbons (Fsp3) is 0.316. The molecule has 0 aromatic heterocycles. The fourth-order valence-corrected chi connectivity index (χ4v) is 2.71. The number of carbonyl (C=O) groups is 1. The van der Waals surface area contributed by atoms with Gasteiger partial charge in [0.1, 0.15) is 17.6 Å². The molecule has 0 bridgehead atoms. The van der Waals surface area contributed by atoms with Gasteiger partial charge in [-0.2, -0.15) is 0 Å². The van der Waals surface area contributed by atoms with E-state index < -0.39 is 0 Å². The maximum Gasteiger partial charge on any atom is 0.253 e. The van der Waals surface area contributed by atoms with Crippen LogP contribution in [0.15, 0.2) is 42.5 Å². The topological polar surface area (TPSA) is 68.8 Å². The largest absolute Gasteiger partial charge is 0.497 e. The second kappa shape index (κ2) is 7.90. The number of methoxy groups -OCH3 is 2. The van der Waals surface area contributed by atoms with Gasteiger partial charge in [-0.3, -0.25) is 4.79 Å². The van der Waals surface area contributed by atoms with Crippen LogP contribution in [0.2, 0.25) is 0 Å². The SMILES string of the molecule is COc1ccc(OC)c(Nc2ccc(NC(=O)C3CCCO3)cc2)c1. The zero-order chi connectivity index (χ0) is 17.6. The molecule has 1 amide bonds. The summed E-state index contributed by atoms with van der Waals surface area (Å²) in [6.07, 6.45) is 1.38. The maximum atomic E-state index is 12.1. The smallest absolute Gasteiger partial charge is 0.253 e. The van der Waals surface area contributed by atoms with Crippen molar-refractivity contribution in [1.29, 1.82) is 0 Å². The number of ether oxygens (including phenoxy) is 3. The summed E-state index contributed by atoms with van der Waals surface area (Å²) in [5.74, 6) is 1.37. The average molecular weight is 342 g/mol. The maximum absolute atomic E-state index is 12.1. The highest BCUT2D eigenvalue weighted by Crippen LogP contribution is 2.31. The first-order valence-electron chi connectivity index (χ1n) is 8.21. The Morgan fingerprint density at radius 2 is 1.84 bits per heavy atom. The van der Waals surface area contributed by atoms with Crippen LogP contribution in [-0.4, -0.2) is 32.8 Å². The summed E-state index contributed by atoms with van der Waals surface area (Å²) < 4.78 is 16.0. The number of rotatable bonds is 6. The van der Waals surface area contributed by atoms with E-state index in [0.717, 1.165) is 41.4 Å². The second-order valence-corrected chi connectivity index (χ2v) is 5.76. The van der Waals surface area contributed by atoms with Crippen molar-refractivity contribution in [2.75, 3.05) is 31.5 Å². The number of amides is 1. The molecule has 132 valence electrons. The zero-order valence-electron chi connectivity index (χ0n) is 14.4. The van der Waals surface area contributed by atoms with Gasteiger partial charge in [0.2, 0.25) is 0 Å². The standard InChI is InChI=1S/C19H22N2O4/c1-23-15-9-10-17(24-2)16(12-15)20-13-5-7-14(8-6-13)21-19(22)18-4-3-11-25-18/h5-10,12,18,20H,3-4,11H2,1-2H3,(H,21,22). The number of anilines is 3. The van der Waals surface area contributed by atoms with Crippen LogP contribution >= 0.6 is 0 Å². The van der Waals surface area contributed by atoms with E-state index in [1.54, 1.807) is 14.2 Å². The predicted octanol–water partition coefficient (Wildman–Crippen LogP) is 3.56. The molecule has 0 radical (unpaired) electrons. The Balaban J connectivity index is 1.67. The first kappa shape index (κ1) is 17.1. The van der Waals surface area contributed by atoms with Gasteiger partial charge in [-0.15, -0.1) is 0 Å². The number of benzene rings is 2. The van der Waals surface area contributed by atoms with Gasteiger partial charge in [0, 0.05) is 24.0 Å². The van der Waals surface area contributed by atoms with Crippen molar-refractivity contribution in [2.45, 2.75) is 18.9 Å². The molecule has 3 rings (SSSR count). The molecule has 2 N–H and O–H groups in total. The second-order valence-electron chi connectivity index (χ2n) is 5.76. The van der Waals surface area contributed by atoms with E-state index in [9.17, 15) is 4.79 Å². The summed E-state index contributed by atoms with van der Waals surface area (Å²) in [4.78, 5) is 12.1. The van der Waals surface area contributed by atoms with E-state index in [1.165, 1.54) is 0 Å². The van der Waals surface area contributed by atoms with Gasteiger partial charge in [-0.25, -0.2) is 0 Å². The minimum atomic E-state index is -0.334. The van der Waals surface area contributed by atoms with E-state index in [-0.39, 0.29) is 12.0 Å². The molecule has 6 nitrogen and oxygen atoms in total. The monoisotopic (exact) mass is 342 g/mol. The minimum Gasteiger partial charge on any atom is -0.497 e. The third kappa shape index (κ3) is 4.22. The highest BCUT2D eigenvalue weighted by Gasteiger charge is 2.23. The molecule has 1 atom stereocenters. The molecule has 2 aromatic carbocycles. The lowest BCUT2D eigenvalue weighted by Crippen LogP contribution is -2.26. The molecule has 6 heteroatoms. The first-order valence-corrected chi connectivity index (χ1v) is 8.21. The highest BCUT2D eigenvalue weighted by molar-refractivity contribution is 5.94. The summed E-state index contributed by atoms with van der Waals surface area (Å²) in [6, 6.07) is 13.0. The van der Waals surface area contributed by atoms with Gasteiger partial charge in [0.15, 0.2) is 0 Å². The molecule has 1 fully saturated rings. The van der Waals surface area contributed by atoms with Crippen LogP contribution in [0, 0.1) is 0 Å². The Kier molecular flexibility index (Phi) is 5.40. The Morgan fingerprint density at radius 3 is 2.48 bits per heavy atom. The summed E-state index contributed by atoms with van der Waals surface area (Å²) >= 11 is 0. The summed E-state index contributed by atoms with van der Waals surface area (Å²) in [6.45, 7) is 0.656.